The lowest BCUT2D eigenvalue weighted by molar-refractivity contribution is -0.137. The summed E-state index contributed by atoms with van der Waals surface area (Å²) < 4.78 is 1.20. The lowest BCUT2D eigenvalue weighted by atomic mass is 10.1. The molecule has 1 aromatic heterocycles. The van der Waals surface area contributed by atoms with Crippen LogP contribution in [-0.2, 0) is 17.9 Å². The van der Waals surface area contributed by atoms with E-state index in [1.54, 1.807) is 0 Å². The van der Waals surface area contributed by atoms with Crippen LogP contribution in [-0.4, -0.2) is 38.1 Å². The van der Waals surface area contributed by atoms with Crippen molar-refractivity contribution in [2.45, 2.75) is 39.9 Å². The zero-order valence-electron chi connectivity index (χ0n) is 11.3. The van der Waals surface area contributed by atoms with Crippen molar-refractivity contribution in [1.29, 1.82) is 0 Å². The topological polar surface area (TPSA) is 109 Å². The van der Waals surface area contributed by atoms with Gasteiger partial charge in [0.15, 0.2) is 0 Å². The van der Waals surface area contributed by atoms with E-state index in [9.17, 15) is 9.59 Å². The molecule has 0 aromatic carbocycles. The molecule has 1 atom stereocenters. The number of amides is 2. The van der Waals surface area contributed by atoms with Gasteiger partial charge in [0, 0.05) is 6.04 Å². The summed E-state index contributed by atoms with van der Waals surface area (Å²) in [6.07, 6.45) is 1.49. The second-order valence-corrected chi connectivity index (χ2v) is 4.66. The van der Waals surface area contributed by atoms with Crippen LogP contribution in [0.2, 0.25) is 0 Å². The zero-order chi connectivity index (χ0) is 14.4. The Balaban J connectivity index is 2.38. The molecule has 106 valence electrons. The van der Waals surface area contributed by atoms with Gasteiger partial charge in [-0.2, -0.15) is 0 Å². The lowest BCUT2D eigenvalue weighted by Gasteiger charge is -2.17. The van der Waals surface area contributed by atoms with Crippen molar-refractivity contribution < 1.29 is 14.7 Å². The van der Waals surface area contributed by atoms with Crippen LogP contribution < -0.4 is 10.6 Å². The Morgan fingerprint density at radius 1 is 1.42 bits per heavy atom. The van der Waals surface area contributed by atoms with E-state index in [-0.39, 0.29) is 25.2 Å². The van der Waals surface area contributed by atoms with Gasteiger partial charge in [0.25, 0.3) is 0 Å². The van der Waals surface area contributed by atoms with Gasteiger partial charge in [-0.15, -0.1) is 5.10 Å². The molecule has 19 heavy (non-hydrogen) atoms. The van der Waals surface area contributed by atoms with Crippen molar-refractivity contribution in [3.05, 3.63) is 11.9 Å². The number of carbonyl (C=O) groups excluding carboxylic acids is 1. The third kappa shape index (κ3) is 5.36. The summed E-state index contributed by atoms with van der Waals surface area (Å²) in [5.41, 5.74) is 0.508. The maximum atomic E-state index is 11.5. The van der Waals surface area contributed by atoms with E-state index in [0.717, 1.165) is 0 Å². The fraction of sp³-hybridized carbons (Fsp3) is 0.636. The molecule has 0 aliphatic heterocycles. The minimum Gasteiger partial charge on any atom is -0.480 e. The average Bonchev–Trinajstić information content (AvgIpc) is 2.73. The molecule has 0 fully saturated rings. The standard InChI is InChI=1S/C11H19N5O3/c1-7(2)8(3)13-11(19)12-4-9-5-16(15-14-9)6-10(17)18/h5,7-8H,4,6H2,1-3H3,(H,17,18)(H2,12,13,19). The third-order valence-corrected chi connectivity index (χ3v) is 2.67. The molecule has 8 nitrogen and oxygen atoms in total. The number of carbonyl (C=O) groups is 2. The summed E-state index contributed by atoms with van der Waals surface area (Å²) in [6, 6.07) is -0.211. The molecule has 0 spiro atoms. The summed E-state index contributed by atoms with van der Waals surface area (Å²) in [6.45, 7) is 5.91. The van der Waals surface area contributed by atoms with Crippen LogP contribution in [0.4, 0.5) is 4.79 Å². The predicted molar refractivity (Wildman–Crippen MR) is 67.3 cm³/mol. The molecule has 3 N–H and O–H groups in total. The Kier molecular flexibility index (Phi) is 5.28. The number of rotatable bonds is 6. The van der Waals surface area contributed by atoms with Crippen LogP contribution in [0.1, 0.15) is 26.5 Å². The molecule has 2 amide bonds. The van der Waals surface area contributed by atoms with Crippen molar-refractivity contribution in [1.82, 2.24) is 25.6 Å². The normalized spacial score (nSPS) is 12.2. The number of nitrogens with zero attached hydrogens (tertiary/aromatic N) is 3. The molecule has 1 aromatic rings. The monoisotopic (exact) mass is 269 g/mol. The van der Waals surface area contributed by atoms with Crippen LogP contribution in [0, 0.1) is 5.92 Å². The molecule has 0 bridgehead atoms. The van der Waals surface area contributed by atoms with Gasteiger partial charge >= 0.3 is 12.0 Å². The van der Waals surface area contributed by atoms with Gasteiger partial charge < -0.3 is 15.7 Å². The van der Waals surface area contributed by atoms with Crippen LogP contribution in [0.5, 0.6) is 0 Å². The van der Waals surface area contributed by atoms with E-state index in [0.29, 0.717) is 11.6 Å². The molecule has 0 aliphatic rings. The minimum atomic E-state index is -0.993. The first kappa shape index (κ1) is 14.9. The van der Waals surface area contributed by atoms with Gasteiger partial charge in [0.2, 0.25) is 0 Å². The first-order valence-electron chi connectivity index (χ1n) is 6.03. The van der Waals surface area contributed by atoms with Gasteiger partial charge in [0.05, 0.1) is 12.7 Å². The van der Waals surface area contributed by atoms with Gasteiger partial charge in [-0.3, -0.25) is 4.79 Å². The van der Waals surface area contributed by atoms with Crippen molar-refractivity contribution in [3.63, 3.8) is 0 Å². The molecule has 0 saturated heterocycles. The number of hydrogen-bond acceptors (Lipinski definition) is 4. The second-order valence-electron chi connectivity index (χ2n) is 4.66. The fourth-order valence-electron chi connectivity index (χ4n) is 1.23. The van der Waals surface area contributed by atoms with Crippen molar-refractivity contribution >= 4 is 12.0 Å². The molecular weight excluding hydrogens is 250 g/mol. The van der Waals surface area contributed by atoms with Crippen LogP contribution >= 0.6 is 0 Å². The summed E-state index contributed by atoms with van der Waals surface area (Å²) in [4.78, 5) is 22.0. The van der Waals surface area contributed by atoms with E-state index >= 15 is 0 Å². The Hall–Kier alpha value is -2.12. The summed E-state index contributed by atoms with van der Waals surface area (Å²) in [5.74, 6) is -0.643. The molecular formula is C11H19N5O3. The third-order valence-electron chi connectivity index (χ3n) is 2.67. The molecule has 0 radical (unpaired) electrons. The number of carboxylic acid groups (broad SMARTS) is 1. The molecule has 1 rings (SSSR count). The summed E-state index contributed by atoms with van der Waals surface area (Å²) in [5, 5.41) is 21.4. The maximum Gasteiger partial charge on any atom is 0.325 e. The quantitative estimate of drug-likeness (QED) is 0.683. The van der Waals surface area contributed by atoms with Gasteiger partial charge in [-0.05, 0) is 12.8 Å². The number of nitrogens with one attached hydrogen (secondary N) is 2. The fourth-order valence-corrected chi connectivity index (χ4v) is 1.23. The van der Waals surface area contributed by atoms with E-state index in [4.69, 9.17) is 5.11 Å². The number of urea groups is 1. The summed E-state index contributed by atoms with van der Waals surface area (Å²) >= 11 is 0. The van der Waals surface area contributed by atoms with E-state index < -0.39 is 5.97 Å². The van der Waals surface area contributed by atoms with Crippen molar-refractivity contribution in [3.8, 4) is 0 Å². The molecule has 1 unspecified atom stereocenters. The Labute approximate surface area is 111 Å². The Bertz CT molecular complexity index is 443. The second kappa shape index (κ2) is 6.72. The van der Waals surface area contributed by atoms with E-state index in [1.807, 2.05) is 20.8 Å². The Morgan fingerprint density at radius 3 is 2.68 bits per heavy atom. The van der Waals surface area contributed by atoms with E-state index in [1.165, 1.54) is 10.9 Å². The SMILES string of the molecule is CC(C)C(C)NC(=O)NCc1cn(CC(=O)O)nn1. The number of carboxylic acids is 1. The van der Waals surface area contributed by atoms with Crippen molar-refractivity contribution in [2.24, 2.45) is 5.92 Å². The van der Waals surface area contributed by atoms with E-state index in [2.05, 4.69) is 20.9 Å². The number of aliphatic carboxylic acids is 1. The zero-order valence-corrected chi connectivity index (χ0v) is 11.3. The highest BCUT2D eigenvalue weighted by Crippen LogP contribution is 1.99. The van der Waals surface area contributed by atoms with Crippen LogP contribution in [0.15, 0.2) is 6.20 Å². The first-order valence-corrected chi connectivity index (χ1v) is 6.03. The minimum absolute atomic E-state index is 0.0719. The highest BCUT2D eigenvalue weighted by Gasteiger charge is 2.11. The largest absolute Gasteiger partial charge is 0.480 e. The van der Waals surface area contributed by atoms with Gasteiger partial charge in [0.1, 0.15) is 12.2 Å². The molecule has 8 heteroatoms. The smallest absolute Gasteiger partial charge is 0.325 e. The molecule has 1 heterocycles. The first-order chi connectivity index (χ1) is 8.88. The average molecular weight is 269 g/mol. The maximum absolute atomic E-state index is 11.5. The summed E-state index contributed by atoms with van der Waals surface area (Å²) in [7, 11) is 0. The highest BCUT2D eigenvalue weighted by atomic mass is 16.4. The highest BCUT2D eigenvalue weighted by molar-refractivity contribution is 5.74. The molecule has 0 aliphatic carbocycles. The number of aromatic nitrogens is 3. The molecule has 0 saturated carbocycles. The van der Waals surface area contributed by atoms with Crippen LogP contribution in [0.25, 0.3) is 0 Å². The Morgan fingerprint density at radius 2 is 2.11 bits per heavy atom. The lowest BCUT2D eigenvalue weighted by Crippen LogP contribution is -2.42. The van der Waals surface area contributed by atoms with Gasteiger partial charge in [-0.25, -0.2) is 9.48 Å². The van der Waals surface area contributed by atoms with Gasteiger partial charge in [-0.1, -0.05) is 19.1 Å². The predicted octanol–water partition coefficient (Wildman–Crippen LogP) is 0.206. The van der Waals surface area contributed by atoms with Crippen LogP contribution in [0.3, 0.4) is 0 Å². The van der Waals surface area contributed by atoms with Crippen molar-refractivity contribution in [2.75, 3.05) is 0 Å². The number of hydrogen-bond donors (Lipinski definition) is 3.